The Balaban J connectivity index is -0.0000000207. The fraction of sp³-hybridized carbons (Fsp3) is 0.333. The van der Waals surface area contributed by atoms with Gasteiger partial charge in [-0.3, -0.25) is 12.2 Å². The summed E-state index contributed by atoms with van der Waals surface area (Å²) in [4.78, 5) is 50.9. The van der Waals surface area contributed by atoms with Crippen molar-refractivity contribution in [3.63, 3.8) is 0 Å². The van der Waals surface area contributed by atoms with Crippen LogP contribution in [0.2, 0.25) is 0 Å². The van der Waals surface area contributed by atoms with Crippen molar-refractivity contribution < 1.29 is 86.5 Å². The van der Waals surface area contributed by atoms with Gasteiger partial charge >= 0.3 is 43.4 Å². The van der Waals surface area contributed by atoms with Crippen molar-refractivity contribution in [1.29, 1.82) is 0 Å². The first kappa shape index (κ1) is 42.9. The molecule has 0 bridgehead atoms. The van der Waals surface area contributed by atoms with Gasteiger partial charge in [-0.25, -0.2) is 0 Å². The van der Waals surface area contributed by atoms with Gasteiger partial charge in [0.2, 0.25) is 0 Å². The summed E-state index contributed by atoms with van der Waals surface area (Å²) in [5, 5.41) is 0. The smallest absolute Gasteiger partial charge is 0.598 e. The first-order valence-corrected chi connectivity index (χ1v) is 6.75. The van der Waals surface area contributed by atoms with Crippen molar-refractivity contribution in [2.45, 2.75) is 13.8 Å². The van der Waals surface area contributed by atoms with Crippen molar-refractivity contribution in [3.05, 3.63) is 25.3 Å². The predicted molar refractivity (Wildman–Crippen MR) is 51.9 cm³/mol. The van der Waals surface area contributed by atoms with Gasteiger partial charge in [-0.2, -0.15) is 0 Å². The van der Waals surface area contributed by atoms with Gasteiger partial charge in [0.05, 0.1) is 0 Å². The molecular formula is C6H10O9P3Ti2+3. The first-order chi connectivity index (χ1) is 8.02. The Labute approximate surface area is 150 Å². The summed E-state index contributed by atoms with van der Waals surface area (Å²) in [6, 6.07) is 0. The Morgan fingerprint density at radius 1 is 0.650 bits per heavy atom. The summed E-state index contributed by atoms with van der Waals surface area (Å²) in [5.74, 6) is 0. The van der Waals surface area contributed by atoms with Crippen molar-refractivity contribution in [3.8, 4) is 0 Å². The maximum absolute atomic E-state index is 8.48. The van der Waals surface area contributed by atoms with Crippen LogP contribution in [-0.4, -0.2) is 0 Å². The van der Waals surface area contributed by atoms with Gasteiger partial charge in [-0.15, -0.1) is 0 Å². The maximum Gasteiger partial charge on any atom is 4.00 e. The van der Waals surface area contributed by atoms with Gasteiger partial charge in [0, 0.05) is 0 Å². The topological polar surface area (TPSA) is 190 Å². The second kappa shape index (κ2) is 50.2. The molecule has 0 amide bonds. The quantitative estimate of drug-likeness (QED) is 0.227. The SMILES string of the molecule is O=[P+]([O-])[O-].O=[P+]([O-])[O-].O=[P+]([O-])[O-].[CH-]=CC.[CH-]=CC.[Ti+4].[Ti+4]. The molecule has 20 heavy (non-hydrogen) atoms. The second-order valence-electron chi connectivity index (χ2n) is 1.34. The van der Waals surface area contributed by atoms with Crippen molar-refractivity contribution in [2.24, 2.45) is 0 Å². The van der Waals surface area contributed by atoms with Crippen LogP contribution in [0, 0.1) is 13.2 Å². The van der Waals surface area contributed by atoms with Crippen LogP contribution in [0.15, 0.2) is 12.2 Å². The van der Waals surface area contributed by atoms with Gasteiger partial charge in [0.15, 0.2) is 0 Å². The van der Waals surface area contributed by atoms with E-state index in [1.165, 1.54) is 12.2 Å². The zero-order valence-corrected chi connectivity index (χ0v) is 16.1. The summed E-state index contributed by atoms with van der Waals surface area (Å²) in [6.45, 7) is 13.0. The van der Waals surface area contributed by atoms with Crippen LogP contribution < -0.4 is 29.4 Å². The number of hydrogen-bond acceptors (Lipinski definition) is 9. The van der Waals surface area contributed by atoms with E-state index in [0.29, 0.717) is 0 Å². The van der Waals surface area contributed by atoms with Crippen LogP contribution >= 0.6 is 24.8 Å². The second-order valence-corrected chi connectivity index (χ2v) is 2.68. The molecule has 0 aromatic heterocycles. The third-order valence-electron chi connectivity index (χ3n) is 0. The van der Waals surface area contributed by atoms with Crippen LogP contribution in [0.1, 0.15) is 13.8 Å². The Kier molecular flexibility index (Phi) is 107. The van der Waals surface area contributed by atoms with E-state index in [1.807, 2.05) is 0 Å². The zero-order chi connectivity index (χ0) is 16.1. The molecule has 0 aliphatic carbocycles. The molecule has 0 aliphatic heterocycles. The molecule has 14 heteroatoms. The third-order valence-corrected chi connectivity index (χ3v) is 0. The molecule has 0 spiro atoms. The van der Waals surface area contributed by atoms with E-state index < -0.39 is 24.8 Å². The molecule has 0 aromatic carbocycles. The maximum atomic E-state index is 8.48. The van der Waals surface area contributed by atoms with Crippen LogP contribution in [0.4, 0.5) is 0 Å². The average Bonchev–Trinajstić information content (AvgIpc) is 2.00. The molecule has 0 rings (SSSR count). The van der Waals surface area contributed by atoms with Crippen molar-refractivity contribution in [1.82, 2.24) is 0 Å². The van der Waals surface area contributed by atoms with E-state index in [0.717, 1.165) is 0 Å². The van der Waals surface area contributed by atoms with Gasteiger partial charge < -0.3 is 42.5 Å². The summed E-state index contributed by atoms with van der Waals surface area (Å²) in [7, 11) is -10.1. The van der Waals surface area contributed by atoms with Crippen LogP contribution in [-0.2, 0) is 57.1 Å². The minimum atomic E-state index is -3.37. The molecule has 0 atom stereocenters. The summed E-state index contributed by atoms with van der Waals surface area (Å²) in [5.41, 5.74) is 0. The normalized spacial score (nSPS) is 5.20. The molecule has 0 unspecified atom stereocenters. The fourth-order valence-corrected chi connectivity index (χ4v) is 0. The molecule has 0 radical (unpaired) electrons. The molecular weight excluding hydrogens is 405 g/mol. The molecule has 0 aliphatic rings. The molecule has 0 saturated carbocycles. The van der Waals surface area contributed by atoms with Crippen LogP contribution in [0.5, 0.6) is 0 Å². The van der Waals surface area contributed by atoms with Crippen LogP contribution in [0.25, 0.3) is 0 Å². The summed E-state index contributed by atoms with van der Waals surface area (Å²) >= 11 is 0. The zero-order valence-electron chi connectivity index (χ0n) is 10.3. The van der Waals surface area contributed by atoms with Gasteiger partial charge in [-0.05, 0) is 0 Å². The molecule has 0 heterocycles. The molecule has 108 valence electrons. The minimum Gasteiger partial charge on any atom is -0.598 e. The van der Waals surface area contributed by atoms with Gasteiger partial charge in [-0.1, -0.05) is 27.5 Å². The predicted octanol–water partition coefficient (Wildman–Crippen LogP) is -2.92. The first-order valence-electron chi connectivity index (χ1n) is 3.46. The van der Waals surface area contributed by atoms with Crippen molar-refractivity contribution in [2.75, 3.05) is 0 Å². The Morgan fingerprint density at radius 3 is 0.650 bits per heavy atom. The average molecular weight is 415 g/mol. The molecule has 0 N–H and O–H groups in total. The van der Waals surface area contributed by atoms with E-state index in [-0.39, 0.29) is 43.4 Å². The molecule has 0 aromatic rings. The van der Waals surface area contributed by atoms with E-state index in [2.05, 4.69) is 0 Å². The summed E-state index contributed by atoms with van der Waals surface area (Å²) < 4.78 is 25.4. The molecule has 9 nitrogen and oxygen atoms in total. The minimum absolute atomic E-state index is 0. The van der Waals surface area contributed by atoms with Crippen molar-refractivity contribution >= 4 is 24.8 Å². The van der Waals surface area contributed by atoms with E-state index >= 15 is 0 Å². The Morgan fingerprint density at radius 2 is 0.650 bits per heavy atom. The van der Waals surface area contributed by atoms with E-state index in [4.69, 9.17) is 56.2 Å². The Hall–Kier alpha value is 0.969. The molecule has 0 saturated heterocycles. The van der Waals surface area contributed by atoms with E-state index in [9.17, 15) is 0 Å². The number of rotatable bonds is 0. The third kappa shape index (κ3) is 6530. The standard InChI is InChI=1S/2C3H5.3HO3P.2Ti/c2*1-3-2;3*1-4(2)3;;/h2*1,3H,2H3;3*(H,1,2,3);;/q2*-1;;;;2*+4/p-3. The number of allylic oxidation sites excluding steroid dienone is 2. The van der Waals surface area contributed by atoms with Crippen LogP contribution in [0.3, 0.4) is 0 Å². The monoisotopic (exact) mass is 415 g/mol. The Bertz CT molecular complexity index is 193. The number of hydrogen-bond donors (Lipinski definition) is 0. The molecule has 0 fully saturated rings. The largest absolute Gasteiger partial charge is 4.00 e. The van der Waals surface area contributed by atoms with Gasteiger partial charge in [0.1, 0.15) is 0 Å². The van der Waals surface area contributed by atoms with E-state index in [1.54, 1.807) is 13.8 Å². The fourth-order valence-electron chi connectivity index (χ4n) is 0. The van der Waals surface area contributed by atoms with Gasteiger partial charge in [0.25, 0.3) is 24.8 Å². The summed E-state index contributed by atoms with van der Waals surface area (Å²) in [6.07, 6.45) is 3.00.